The molecule has 2 unspecified atom stereocenters. The summed E-state index contributed by atoms with van der Waals surface area (Å²) in [4.78, 5) is 34.1. The molecule has 0 saturated carbocycles. The summed E-state index contributed by atoms with van der Waals surface area (Å²) in [5, 5.41) is 12.1. The zero-order chi connectivity index (χ0) is 17.1. The van der Waals surface area contributed by atoms with Gasteiger partial charge in [-0.15, -0.1) is 0 Å². The van der Waals surface area contributed by atoms with Crippen LogP contribution in [0.2, 0.25) is 0 Å². The van der Waals surface area contributed by atoms with E-state index in [1.54, 1.807) is 0 Å². The molecule has 7 nitrogen and oxygen atoms in total. The van der Waals surface area contributed by atoms with Gasteiger partial charge in [0.05, 0.1) is 0 Å². The zero-order valence-electron chi connectivity index (χ0n) is 13.7. The van der Waals surface area contributed by atoms with Gasteiger partial charge in [-0.3, -0.25) is 9.59 Å². The topological polar surface area (TPSA) is 102 Å². The third-order valence-corrected chi connectivity index (χ3v) is 3.62. The molecule has 2 atom stereocenters. The molecular weight excluding hydrogens is 302 g/mol. The average Bonchev–Trinajstić information content (AvgIpc) is 2.97. The summed E-state index contributed by atoms with van der Waals surface area (Å²) in [5.41, 5.74) is 0. The predicted molar refractivity (Wildman–Crippen MR) is 82.5 cm³/mol. The SMILES string of the molecule is CCCCCCCC(=O)OCC(O)COC(=O)C1CCC(=O)N1. The Labute approximate surface area is 136 Å². The van der Waals surface area contributed by atoms with Crippen LogP contribution in [0.25, 0.3) is 0 Å². The molecule has 1 aliphatic heterocycles. The third kappa shape index (κ3) is 8.54. The first-order chi connectivity index (χ1) is 11.0. The molecule has 0 aromatic carbocycles. The maximum absolute atomic E-state index is 11.6. The lowest BCUT2D eigenvalue weighted by Crippen LogP contribution is -2.36. The maximum Gasteiger partial charge on any atom is 0.328 e. The monoisotopic (exact) mass is 329 g/mol. The van der Waals surface area contributed by atoms with Gasteiger partial charge in [-0.1, -0.05) is 32.6 Å². The molecule has 132 valence electrons. The highest BCUT2D eigenvalue weighted by atomic mass is 16.6. The minimum atomic E-state index is -1.06. The molecule has 1 saturated heterocycles. The fourth-order valence-electron chi connectivity index (χ4n) is 2.25. The van der Waals surface area contributed by atoms with E-state index in [1.807, 2.05) is 0 Å². The quantitative estimate of drug-likeness (QED) is 0.434. The summed E-state index contributed by atoms with van der Waals surface area (Å²) >= 11 is 0. The Kier molecular flexibility index (Phi) is 9.28. The Morgan fingerprint density at radius 1 is 1.22 bits per heavy atom. The van der Waals surface area contributed by atoms with E-state index in [1.165, 1.54) is 6.42 Å². The second kappa shape index (κ2) is 11.0. The van der Waals surface area contributed by atoms with Crippen molar-refractivity contribution in [3.63, 3.8) is 0 Å². The normalized spacial score (nSPS) is 18.3. The number of aliphatic hydroxyl groups is 1. The molecule has 1 fully saturated rings. The maximum atomic E-state index is 11.6. The smallest absolute Gasteiger partial charge is 0.328 e. The largest absolute Gasteiger partial charge is 0.463 e. The van der Waals surface area contributed by atoms with Gasteiger partial charge in [-0.2, -0.15) is 0 Å². The molecule has 0 aromatic rings. The lowest BCUT2D eigenvalue weighted by Gasteiger charge is -2.14. The van der Waals surface area contributed by atoms with Crippen LogP contribution in [0.3, 0.4) is 0 Å². The van der Waals surface area contributed by atoms with Crippen LogP contribution in [-0.4, -0.2) is 48.3 Å². The van der Waals surface area contributed by atoms with Crippen molar-refractivity contribution in [3.8, 4) is 0 Å². The number of unbranched alkanes of at least 4 members (excludes halogenated alkanes) is 4. The highest BCUT2D eigenvalue weighted by molar-refractivity contribution is 5.88. The van der Waals surface area contributed by atoms with Crippen molar-refractivity contribution in [1.82, 2.24) is 5.32 Å². The summed E-state index contributed by atoms with van der Waals surface area (Å²) in [5.74, 6) is -1.10. The van der Waals surface area contributed by atoms with Crippen LogP contribution in [0.5, 0.6) is 0 Å². The van der Waals surface area contributed by atoms with E-state index in [-0.39, 0.29) is 25.1 Å². The number of nitrogens with one attached hydrogen (secondary N) is 1. The number of hydrogen-bond acceptors (Lipinski definition) is 6. The van der Waals surface area contributed by atoms with Crippen LogP contribution < -0.4 is 5.32 Å². The first-order valence-corrected chi connectivity index (χ1v) is 8.32. The predicted octanol–water partition coefficient (Wildman–Crippen LogP) is 1.07. The molecule has 7 heteroatoms. The summed E-state index contributed by atoms with van der Waals surface area (Å²) in [6, 6.07) is -0.639. The fraction of sp³-hybridized carbons (Fsp3) is 0.812. The van der Waals surface area contributed by atoms with Crippen molar-refractivity contribution in [2.24, 2.45) is 0 Å². The molecular formula is C16H27NO6. The van der Waals surface area contributed by atoms with Gasteiger partial charge < -0.3 is 19.9 Å². The van der Waals surface area contributed by atoms with Crippen LogP contribution in [-0.2, 0) is 23.9 Å². The van der Waals surface area contributed by atoms with Crippen molar-refractivity contribution >= 4 is 17.8 Å². The molecule has 0 bridgehead atoms. The van der Waals surface area contributed by atoms with E-state index in [9.17, 15) is 19.5 Å². The highest BCUT2D eigenvalue weighted by Crippen LogP contribution is 2.08. The molecule has 0 radical (unpaired) electrons. The van der Waals surface area contributed by atoms with Gasteiger partial charge in [0.1, 0.15) is 25.4 Å². The number of ether oxygens (including phenoxy) is 2. The Bertz CT molecular complexity index is 398. The van der Waals surface area contributed by atoms with Crippen molar-refractivity contribution in [3.05, 3.63) is 0 Å². The molecule has 0 aliphatic carbocycles. The van der Waals surface area contributed by atoms with Crippen LogP contribution >= 0.6 is 0 Å². The number of esters is 2. The molecule has 23 heavy (non-hydrogen) atoms. The lowest BCUT2D eigenvalue weighted by atomic mass is 10.1. The van der Waals surface area contributed by atoms with E-state index in [2.05, 4.69) is 12.2 Å². The molecule has 1 aliphatic rings. The first kappa shape index (κ1) is 19.4. The van der Waals surface area contributed by atoms with Crippen molar-refractivity contribution in [2.75, 3.05) is 13.2 Å². The van der Waals surface area contributed by atoms with E-state index >= 15 is 0 Å². The van der Waals surface area contributed by atoms with E-state index < -0.39 is 18.1 Å². The highest BCUT2D eigenvalue weighted by Gasteiger charge is 2.28. The number of carbonyl (C=O) groups is 3. The molecule has 1 amide bonds. The number of amides is 1. The summed E-state index contributed by atoms with van der Waals surface area (Å²) in [6.45, 7) is 1.68. The van der Waals surface area contributed by atoms with Crippen molar-refractivity contribution in [2.45, 2.75) is 70.4 Å². The first-order valence-electron chi connectivity index (χ1n) is 8.32. The van der Waals surface area contributed by atoms with E-state index in [0.717, 1.165) is 25.7 Å². The average molecular weight is 329 g/mol. The van der Waals surface area contributed by atoms with E-state index in [0.29, 0.717) is 19.3 Å². The van der Waals surface area contributed by atoms with Crippen molar-refractivity contribution < 1.29 is 29.0 Å². The van der Waals surface area contributed by atoms with Gasteiger partial charge >= 0.3 is 11.9 Å². The van der Waals surface area contributed by atoms with Gasteiger partial charge in [0.2, 0.25) is 5.91 Å². The number of hydrogen-bond donors (Lipinski definition) is 2. The molecule has 2 N–H and O–H groups in total. The Balaban J connectivity index is 2.05. The van der Waals surface area contributed by atoms with Gasteiger partial charge in [0.15, 0.2) is 0 Å². The summed E-state index contributed by atoms with van der Waals surface area (Å²) in [7, 11) is 0. The summed E-state index contributed by atoms with van der Waals surface area (Å²) < 4.78 is 9.83. The molecule has 0 aromatic heterocycles. The lowest BCUT2D eigenvalue weighted by molar-refractivity contribution is -0.154. The minimum absolute atomic E-state index is 0.180. The van der Waals surface area contributed by atoms with Gasteiger partial charge in [-0.05, 0) is 12.8 Å². The number of carbonyl (C=O) groups excluding carboxylic acids is 3. The Morgan fingerprint density at radius 2 is 1.91 bits per heavy atom. The second-order valence-corrected chi connectivity index (χ2v) is 5.79. The van der Waals surface area contributed by atoms with Crippen LogP contribution in [0.15, 0.2) is 0 Å². The van der Waals surface area contributed by atoms with Crippen LogP contribution in [0.4, 0.5) is 0 Å². The van der Waals surface area contributed by atoms with Gasteiger partial charge in [0.25, 0.3) is 0 Å². The van der Waals surface area contributed by atoms with Gasteiger partial charge in [-0.25, -0.2) is 4.79 Å². The number of rotatable bonds is 11. The standard InChI is InChI=1S/C16H27NO6/c1-2-3-4-5-6-7-15(20)22-10-12(18)11-23-16(21)13-8-9-14(19)17-13/h12-13,18H,2-11H2,1H3,(H,17,19). The van der Waals surface area contributed by atoms with Crippen molar-refractivity contribution in [1.29, 1.82) is 0 Å². The Morgan fingerprint density at radius 3 is 2.57 bits per heavy atom. The molecule has 1 rings (SSSR count). The molecule has 0 spiro atoms. The Hall–Kier alpha value is -1.63. The van der Waals surface area contributed by atoms with Crippen LogP contribution in [0, 0.1) is 0 Å². The second-order valence-electron chi connectivity index (χ2n) is 5.79. The zero-order valence-corrected chi connectivity index (χ0v) is 13.7. The van der Waals surface area contributed by atoms with Gasteiger partial charge in [0, 0.05) is 12.8 Å². The molecule has 1 heterocycles. The minimum Gasteiger partial charge on any atom is -0.463 e. The number of aliphatic hydroxyl groups excluding tert-OH is 1. The van der Waals surface area contributed by atoms with E-state index in [4.69, 9.17) is 9.47 Å². The third-order valence-electron chi connectivity index (χ3n) is 3.62. The summed E-state index contributed by atoms with van der Waals surface area (Å²) in [6.07, 6.45) is 5.20. The fourth-order valence-corrected chi connectivity index (χ4v) is 2.25. The van der Waals surface area contributed by atoms with Crippen LogP contribution in [0.1, 0.15) is 58.3 Å².